The highest BCUT2D eigenvalue weighted by molar-refractivity contribution is 6.32. The van der Waals surface area contributed by atoms with Gasteiger partial charge in [-0.2, -0.15) is 0 Å². The number of fused-ring (bicyclic) bond motifs is 1. The Bertz CT molecular complexity index is 635. The third-order valence-electron chi connectivity index (χ3n) is 4.65. The minimum Gasteiger partial charge on any atom is -0.324 e. The molecule has 1 nitrogen and oxygen atoms in total. The summed E-state index contributed by atoms with van der Waals surface area (Å²) >= 11 is 6.43. The highest BCUT2D eigenvalue weighted by atomic mass is 35.5. The van der Waals surface area contributed by atoms with E-state index in [1.165, 1.54) is 30.4 Å². The average molecular weight is 300 g/mol. The Hall–Kier alpha value is -1.31. The van der Waals surface area contributed by atoms with Crippen molar-refractivity contribution in [2.24, 2.45) is 5.73 Å². The van der Waals surface area contributed by atoms with E-state index < -0.39 is 0 Å². The van der Waals surface area contributed by atoms with Crippen LogP contribution in [-0.2, 0) is 6.42 Å². The molecule has 3 rings (SSSR count). The van der Waals surface area contributed by atoms with Crippen molar-refractivity contribution in [3.05, 3.63) is 69.7 Å². The topological polar surface area (TPSA) is 26.0 Å². The van der Waals surface area contributed by atoms with Crippen LogP contribution in [0.15, 0.2) is 42.5 Å². The van der Waals surface area contributed by atoms with Crippen LogP contribution in [0.25, 0.3) is 0 Å². The van der Waals surface area contributed by atoms with E-state index in [9.17, 15) is 0 Å². The summed E-state index contributed by atoms with van der Waals surface area (Å²) in [7, 11) is 0. The number of hydrogen-bond acceptors (Lipinski definition) is 1. The molecule has 2 unspecified atom stereocenters. The monoisotopic (exact) mass is 299 g/mol. The molecule has 110 valence electrons. The van der Waals surface area contributed by atoms with E-state index in [1.807, 2.05) is 19.1 Å². The van der Waals surface area contributed by atoms with E-state index in [0.29, 0.717) is 5.92 Å². The van der Waals surface area contributed by atoms with Crippen molar-refractivity contribution in [3.63, 3.8) is 0 Å². The van der Waals surface area contributed by atoms with Crippen molar-refractivity contribution in [1.82, 2.24) is 0 Å². The van der Waals surface area contributed by atoms with Gasteiger partial charge in [0, 0.05) is 11.1 Å². The van der Waals surface area contributed by atoms with Crippen molar-refractivity contribution in [3.8, 4) is 0 Å². The predicted octanol–water partition coefficient (Wildman–Crippen LogP) is 5.16. The lowest BCUT2D eigenvalue weighted by molar-refractivity contribution is 0.476. The lowest BCUT2D eigenvalue weighted by Crippen LogP contribution is -2.18. The first-order chi connectivity index (χ1) is 10.2. The van der Waals surface area contributed by atoms with Gasteiger partial charge in [0.1, 0.15) is 0 Å². The fourth-order valence-corrected chi connectivity index (χ4v) is 3.76. The van der Waals surface area contributed by atoms with Gasteiger partial charge in [0.05, 0.1) is 0 Å². The Balaban J connectivity index is 1.83. The molecule has 2 N–H and O–H groups in total. The molecule has 2 aromatic rings. The van der Waals surface area contributed by atoms with Gasteiger partial charge in [-0.25, -0.2) is 0 Å². The summed E-state index contributed by atoms with van der Waals surface area (Å²) in [6.45, 7) is 2.04. The quantitative estimate of drug-likeness (QED) is 0.832. The molecule has 0 heterocycles. The molecule has 0 saturated heterocycles. The van der Waals surface area contributed by atoms with Crippen LogP contribution in [0.4, 0.5) is 0 Å². The van der Waals surface area contributed by atoms with Crippen molar-refractivity contribution < 1.29 is 0 Å². The fraction of sp³-hybridized carbons (Fsp3) is 0.368. The second-order valence-electron chi connectivity index (χ2n) is 6.11. The van der Waals surface area contributed by atoms with E-state index in [1.54, 1.807) is 0 Å². The van der Waals surface area contributed by atoms with Crippen LogP contribution in [0.2, 0.25) is 5.02 Å². The second kappa shape index (κ2) is 6.21. The van der Waals surface area contributed by atoms with Crippen LogP contribution < -0.4 is 5.73 Å². The molecule has 1 aliphatic rings. The summed E-state index contributed by atoms with van der Waals surface area (Å²) in [4.78, 5) is 0. The molecular formula is C19H22ClN. The highest BCUT2D eigenvalue weighted by Gasteiger charge is 2.23. The minimum atomic E-state index is 0.00792. The first-order valence-corrected chi connectivity index (χ1v) is 8.13. The molecule has 0 aromatic heterocycles. The first-order valence-electron chi connectivity index (χ1n) is 7.75. The van der Waals surface area contributed by atoms with Crippen molar-refractivity contribution >= 4 is 11.6 Å². The highest BCUT2D eigenvalue weighted by Crippen LogP contribution is 2.38. The van der Waals surface area contributed by atoms with Gasteiger partial charge in [0.2, 0.25) is 0 Å². The average Bonchev–Trinajstić information content (AvgIpc) is 2.50. The Morgan fingerprint density at radius 1 is 1.19 bits per heavy atom. The zero-order valence-corrected chi connectivity index (χ0v) is 13.2. The van der Waals surface area contributed by atoms with E-state index >= 15 is 0 Å². The van der Waals surface area contributed by atoms with Crippen LogP contribution in [-0.4, -0.2) is 0 Å². The van der Waals surface area contributed by atoms with E-state index in [2.05, 4.69) is 30.3 Å². The third-order valence-corrected chi connectivity index (χ3v) is 5.17. The zero-order chi connectivity index (χ0) is 14.8. The van der Waals surface area contributed by atoms with Gasteiger partial charge in [0.15, 0.2) is 0 Å². The van der Waals surface area contributed by atoms with Crippen LogP contribution in [0.3, 0.4) is 0 Å². The summed E-state index contributed by atoms with van der Waals surface area (Å²) in [6.07, 6.45) is 4.66. The molecule has 2 aromatic carbocycles. The number of halogens is 1. The van der Waals surface area contributed by atoms with Crippen LogP contribution in [0.1, 0.15) is 53.5 Å². The summed E-state index contributed by atoms with van der Waals surface area (Å²) < 4.78 is 0. The van der Waals surface area contributed by atoms with Crippen LogP contribution >= 0.6 is 11.6 Å². The van der Waals surface area contributed by atoms with Gasteiger partial charge in [0.25, 0.3) is 0 Å². The normalized spacial score (nSPS) is 19.1. The molecule has 0 radical (unpaired) electrons. The molecule has 21 heavy (non-hydrogen) atoms. The van der Waals surface area contributed by atoms with Crippen molar-refractivity contribution in [2.45, 2.75) is 44.6 Å². The van der Waals surface area contributed by atoms with Gasteiger partial charge in [-0.3, -0.25) is 0 Å². The Morgan fingerprint density at radius 2 is 2.00 bits per heavy atom. The summed E-state index contributed by atoms with van der Waals surface area (Å²) in [5, 5.41) is 0.828. The largest absolute Gasteiger partial charge is 0.324 e. The molecule has 2 atom stereocenters. The summed E-state index contributed by atoms with van der Waals surface area (Å²) in [5.41, 5.74) is 11.6. The molecule has 0 amide bonds. The van der Waals surface area contributed by atoms with Crippen molar-refractivity contribution in [1.29, 1.82) is 0 Å². The number of aryl methyl sites for hydroxylation is 2. The Morgan fingerprint density at radius 3 is 2.86 bits per heavy atom. The SMILES string of the molecule is Cc1cccc(C(N)CC2CCCc3ccccc32)c1Cl. The molecule has 1 aliphatic carbocycles. The maximum Gasteiger partial charge on any atom is 0.0482 e. The Kier molecular flexibility index (Phi) is 4.32. The Labute approximate surface area is 132 Å². The molecule has 0 bridgehead atoms. The first kappa shape index (κ1) is 14.6. The van der Waals surface area contributed by atoms with Gasteiger partial charge in [-0.05, 0) is 60.8 Å². The molecule has 0 saturated carbocycles. The maximum atomic E-state index is 6.47. The van der Waals surface area contributed by atoms with E-state index in [-0.39, 0.29) is 6.04 Å². The van der Waals surface area contributed by atoms with Crippen molar-refractivity contribution in [2.75, 3.05) is 0 Å². The summed E-state index contributed by atoms with van der Waals surface area (Å²) in [5.74, 6) is 0.557. The lowest BCUT2D eigenvalue weighted by atomic mass is 9.79. The van der Waals surface area contributed by atoms with Gasteiger partial charge in [-0.15, -0.1) is 0 Å². The number of hydrogen-bond donors (Lipinski definition) is 1. The fourth-order valence-electron chi connectivity index (χ4n) is 3.49. The molecular weight excluding hydrogens is 278 g/mol. The smallest absolute Gasteiger partial charge is 0.0482 e. The summed E-state index contributed by atoms with van der Waals surface area (Å²) in [6, 6.07) is 15.0. The number of nitrogens with two attached hydrogens (primary N) is 1. The molecule has 0 spiro atoms. The number of benzene rings is 2. The molecule has 0 aliphatic heterocycles. The maximum absolute atomic E-state index is 6.47. The standard InChI is InChI=1S/C19H22ClN/c1-13-6-4-11-17(19(13)20)18(21)12-15-9-5-8-14-7-2-3-10-16(14)15/h2-4,6-7,10-11,15,18H,5,8-9,12,21H2,1H3. The van der Waals surface area contributed by atoms with Gasteiger partial charge < -0.3 is 5.73 Å². The van der Waals surface area contributed by atoms with E-state index in [0.717, 1.165) is 22.6 Å². The molecule has 2 heteroatoms. The third kappa shape index (κ3) is 3.00. The van der Waals surface area contributed by atoms with Gasteiger partial charge >= 0.3 is 0 Å². The van der Waals surface area contributed by atoms with Gasteiger partial charge in [-0.1, -0.05) is 54.1 Å². The van der Waals surface area contributed by atoms with Crippen LogP contribution in [0, 0.1) is 6.92 Å². The second-order valence-corrected chi connectivity index (χ2v) is 6.49. The number of rotatable bonds is 3. The predicted molar refractivity (Wildman–Crippen MR) is 89.9 cm³/mol. The van der Waals surface area contributed by atoms with Crippen LogP contribution in [0.5, 0.6) is 0 Å². The molecule has 0 fully saturated rings. The minimum absolute atomic E-state index is 0.00792. The van der Waals surface area contributed by atoms with E-state index in [4.69, 9.17) is 17.3 Å². The zero-order valence-electron chi connectivity index (χ0n) is 12.5. The lowest BCUT2D eigenvalue weighted by Gasteiger charge is -2.28.